The van der Waals surface area contributed by atoms with Crippen LogP contribution in [0.3, 0.4) is 0 Å². The number of phenolic OH excluding ortho intramolecular Hbond substituents is 1. The van der Waals surface area contributed by atoms with Crippen molar-refractivity contribution in [3.05, 3.63) is 22.9 Å². The summed E-state index contributed by atoms with van der Waals surface area (Å²) in [5, 5.41) is 11.6. The molecule has 22 heavy (non-hydrogen) atoms. The number of methoxy groups -OCH3 is 1. The molecule has 2 aliphatic heterocycles. The van der Waals surface area contributed by atoms with E-state index in [1.54, 1.807) is 7.11 Å². The van der Waals surface area contributed by atoms with Crippen LogP contribution in [0.1, 0.15) is 36.8 Å². The van der Waals surface area contributed by atoms with Crippen molar-refractivity contribution in [3.8, 4) is 11.5 Å². The number of aryl methyl sites for hydroxylation is 1. The minimum Gasteiger partial charge on any atom is -0.505 e. The van der Waals surface area contributed by atoms with Gasteiger partial charge >= 0.3 is 0 Å². The second-order valence-electron chi connectivity index (χ2n) is 6.66. The predicted molar refractivity (Wildman–Crippen MR) is 82.4 cm³/mol. The van der Waals surface area contributed by atoms with Crippen LogP contribution in [0.4, 0.5) is 0 Å². The number of rotatable bonds is 1. The number of ether oxygens (including phenoxy) is 3. The van der Waals surface area contributed by atoms with Crippen LogP contribution >= 0.6 is 0 Å². The summed E-state index contributed by atoms with van der Waals surface area (Å²) in [4.78, 5) is 0. The number of fused-ring (bicyclic) bond motifs is 5. The number of nitrogens with zero attached hydrogens (tertiary/aromatic N) is 1. The lowest BCUT2D eigenvalue weighted by Gasteiger charge is -2.19. The molecule has 0 aliphatic carbocycles. The molecule has 5 nitrogen and oxygen atoms in total. The fourth-order valence-electron chi connectivity index (χ4n) is 3.90. The number of aromatic hydroxyl groups is 1. The average Bonchev–Trinajstić information content (AvgIpc) is 3.00. The van der Waals surface area contributed by atoms with Crippen molar-refractivity contribution in [2.24, 2.45) is 0 Å². The molecule has 2 atom stereocenters. The van der Waals surface area contributed by atoms with Gasteiger partial charge in [0, 0.05) is 10.9 Å². The van der Waals surface area contributed by atoms with Crippen molar-refractivity contribution in [3.63, 3.8) is 0 Å². The zero-order valence-corrected chi connectivity index (χ0v) is 13.6. The van der Waals surface area contributed by atoms with Gasteiger partial charge in [-0.3, -0.25) is 0 Å². The Hall–Kier alpha value is -1.72. The third kappa shape index (κ3) is 1.61. The maximum absolute atomic E-state index is 10.6. The summed E-state index contributed by atoms with van der Waals surface area (Å²) in [6.45, 7) is 8.53. The highest BCUT2D eigenvalue weighted by Crippen LogP contribution is 2.50. The Morgan fingerprint density at radius 2 is 2.00 bits per heavy atom. The maximum atomic E-state index is 10.6. The maximum Gasteiger partial charge on any atom is 0.164 e. The third-order valence-electron chi connectivity index (χ3n) is 4.86. The topological polar surface area (TPSA) is 52.9 Å². The minimum atomic E-state index is -0.556. The van der Waals surface area contributed by atoms with Crippen molar-refractivity contribution in [2.45, 2.75) is 52.2 Å². The molecule has 1 aromatic carbocycles. The van der Waals surface area contributed by atoms with Crippen molar-refractivity contribution < 1.29 is 19.3 Å². The van der Waals surface area contributed by atoms with Gasteiger partial charge in [0.25, 0.3) is 0 Å². The standard InChI is InChI=1S/C17H21NO4/c1-8-10-6-11(20-5)9(2)15(19)14(10)18-7-12-16(13(8)18)22-17(3,4)21-12/h6,12,16,19H,7H2,1-5H3/t12-,16-/m1/s1. The van der Waals surface area contributed by atoms with E-state index in [9.17, 15) is 5.11 Å². The molecule has 0 radical (unpaired) electrons. The average molecular weight is 303 g/mol. The van der Waals surface area contributed by atoms with Crippen molar-refractivity contribution in [1.82, 2.24) is 4.57 Å². The number of benzene rings is 1. The van der Waals surface area contributed by atoms with Gasteiger partial charge in [-0.05, 0) is 39.3 Å². The molecule has 0 bridgehead atoms. The molecule has 3 heterocycles. The molecule has 0 saturated carbocycles. The van der Waals surface area contributed by atoms with Crippen LogP contribution in [0.25, 0.3) is 10.9 Å². The monoisotopic (exact) mass is 303 g/mol. The van der Waals surface area contributed by atoms with Crippen LogP contribution in [-0.2, 0) is 16.0 Å². The Balaban J connectivity index is 1.98. The summed E-state index contributed by atoms with van der Waals surface area (Å²) in [6, 6.07) is 2.00. The summed E-state index contributed by atoms with van der Waals surface area (Å²) < 4.78 is 19.6. The van der Waals surface area contributed by atoms with E-state index in [0.29, 0.717) is 12.3 Å². The first-order chi connectivity index (χ1) is 10.3. The fourth-order valence-corrected chi connectivity index (χ4v) is 3.90. The molecule has 1 N–H and O–H groups in total. The molecule has 1 saturated heterocycles. The first-order valence-corrected chi connectivity index (χ1v) is 7.59. The predicted octanol–water partition coefficient (Wildman–Crippen LogP) is 3.18. The van der Waals surface area contributed by atoms with Gasteiger partial charge in [0.1, 0.15) is 23.7 Å². The third-order valence-corrected chi connectivity index (χ3v) is 4.86. The SMILES string of the molecule is COc1cc2c(C)c3n(c2c(O)c1C)C[C@H]1OC(C)(C)O[C@@H]31. The van der Waals surface area contributed by atoms with E-state index in [-0.39, 0.29) is 18.0 Å². The van der Waals surface area contributed by atoms with E-state index >= 15 is 0 Å². The molecule has 2 aromatic rings. The van der Waals surface area contributed by atoms with Gasteiger partial charge in [0.05, 0.1) is 24.9 Å². The molecule has 1 fully saturated rings. The van der Waals surface area contributed by atoms with Gasteiger partial charge in [0.15, 0.2) is 5.79 Å². The summed E-state index contributed by atoms with van der Waals surface area (Å²) in [7, 11) is 1.62. The normalized spacial score (nSPS) is 25.5. The largest absolute Gasteiger partial charge is 0.505 e. The minimum absolute atomic E-state index is 0.00917. The van der Waals surface area contributed by atoms with Crippen molar-refractivity contribution >= 4 is 10.9 Å². The number of aromatic nitrogens is 1. The first kappa shape index (κ1) is 13.9. The van der Waals surface area contributed by atoms with E-state index in [1.165, 1.54) is 0 Å². The lowest BCUT2D eigenvalue weighted by atomic mass is 10.0. The van der Waals surface area contributed by atoms with E-state index in [0.717, 1.165) is 27.7 Å². The second-order valence-corrected chi connectivity index (χ2v) is 6.66. The van der Waals surface area contributed by atoms with Gasteiger partial charge in [-0.2, -0.15) is 0 Å². The molecule has 0 spiro atoms. The zero-order valence-electron chi connectivity index (χ0n) is 13.6. The Morgan fingerprint density at radius 1 is 1.27 bits per heavy atom. The molecule has 4 rings (SSSR count). The van der Waals surface area contributed by atoms with Crippen LogP contribution < -0.4 is 4.74 Å². The van der Waals surface area contributed by atoms with Crippen molar-refractivity contribution in [2.75, 3.05) is 7.11 Å². The smallest absolute Gasteiger partial charge is 0.164 e. The van der Waals surface area contributed by atoms with Gasteiger partial charge in [-0.25, -0.2) is 0 Å². The van der Waals surface area contributed by atoms with Crippen LogP contribution in [0.15, 0.2) is 6.07 Å². The fraction of sp³-hybridized carbons (Fsp3) is 0.529. The highest BCUT2D eigenvalue weighted by atomic mass is 16.8. The van der Waals surface area contributed by atoms with E-state index in [2.05, 4.69) is 11.5 Å². The Morgan fingerprint density at radius 3 is 2.68 bits per heavy atom. The highest BCUT2D eigenvalue weighted by molar-refractivity contribution is 5.93. The Bertz CT molecular complexity index is 790. The summed E-state index contributed by atoms with van der Waals surface area (Å²) in [5.41, 5.74) is 3.84. The zero-order chi connectivity index (χ0) is 15.8. The van der Waals surface area contributed by atoms with Gasteiger partial charge < -0.3 is 23.9 Å². The van der Waals surface area contributed by atoms with E-state index in [1.807, 2.05) is 26.8 Å². The Kier molecular flexibility index (Phi) is 2.64. The second kappa shape index (κ2) is 4.18. The number of phenols is 1. The highest BCUT2D eigenvalue weighted by Gasteiger charge is 2.49. The summed E-state index contributed by atoms with van der Waals surface area (Å²) in [6.07, 6.45) is -0.0667. The number of hydrogen-bond donors (Lipinski definition) is 1. The molecular weight excluding hydrogens is 282 g/mol. The molecule has 1 aromatic heterocycles. The molecule has 5 heteroatoms. The molecule has 0 amide bonds. The molecular formula is C17H21NO4. The van der Waals surface area contributed by atoms with Gasteiger partial charge in [-0.1, -0.05) is 0 Å². The number of hydrogen-bond acceptors (Lipinski definition) is 4. The molecule has 2 aliphatic rings. The van der Waals surface area contributed by atoms with E-state index in [4.69, 9.17) is 14.2 Å². The van der Waals surface area contributed by atoms with Crippen LogP contribution in [0, 0.1) is 13.8 Å². The van der Waals surface area contributed by atoms with Gasteiger partial charge in [-0.15, -0.1) is 0 Å². The quantitative estimate of drug-likeness (QED) is 0.879. The van der Waals surface area contributed by atoms with Gasteiger partial charge in [0.2, 0.25) is 0 Å². The van der Waals surface area contributed by atoms with E-state index < -0.39 is 5.79 Å². The van der Waals surface area contributed by atoms with Crippen LogP contribution in [0.5, 0.6) is 11.5 Å². The Labute approximate surface area is 129 Å². The lowest BCUT2D eigenvalue weighted by molar-refractivity contribution is -0.151. The first-order valence-electron chi connectivity index (χ1n) is 7.59. The summed E-state index contributed by atoms with van der Waals surface area (Å²) in [5.74, 6) is 0.430. The van der Waals surface area contributed by atoms with Crippen LogP contribution in [-0.4, -0.2) is 28.7 Å². The van der Waals surface area contributed by atoms with Crippen molar-refractivity contribution in [1.29, 1.82) is 0 Å². The molecule has 118 valence electrons. The lowest BCUT2D eigenvalue weighted by Crippen LogP contribution is -2.23. The molecule has 0 unspecified atom stereocenters. The van der Waals surface area contributed by atoms with Crippen LogP contribution in [0.2, 0.25) is 0 Å². The summed E-state index contributed by atoms with van der Waals surface area (Å²) >= 11 is 0.